The SMILES string of the molecule is O=S(=O)(Nc1cccc(/C(O)=C/c2ccnc(Cl)n2)c1)c1c(F)cccc1F. The fourth-order valence-electron chi connectivity index (χ4n) is 2.34. The van der Waals surface area contributed by atoms with Crippen molar-refractivity contribution in [2.75, 3.05) is 4.72 Å². The Balaban J connectivity index is 1.91. The summed E-state index contributed by atoms with van der Waals surface area (Å²) in [5.74, 6) is -2.66. The van der Waals surface area contributed by atoms with Gasteiger partial charge in [0.1, 0.15) is 17.4 Å². The highest BCUT2D eigenvalue weighted by Crippen LogP contribution is 2.24. The molecule has 3 aromatic rings. The van der Waals surface area contributed by atoms with Crippen LogP contribution in [-0.2, 0) is 10.0 Å². The van der Waals surface area contributed by atoms with E-state index in [1.165, 1.54) is 42.6 Å². The van der Waals surface area contributed by atoms with E-state index in [1.807, 2.05) is 0 Å². The zero-order valence-electron chi connectivity index (χ0n) is 14.0. The standard InChI is InChI=1S/C18H12ClF2N3O3S/c19-18-22-8-7-12(23-18)10-16(25)11-3-1-4-13(9-11)24-28(26,27)17-14(20)5-2-6-15(17)21/h1-10,24-25H/b16-10-. The molecule has 3 rings (SSSR count). The molecule has 0 unspecified atom stereocenters. The Morgan fingerprint density at radius 1 is 1.11 bits per heavy atom. The van der Waals surface area contributed by atoms with E-state index in [9.17, 15) is 22.3 Å². The Labute approximate surface area is 164 Å². The van der Waals surface area contributed by atoms with Gasteiger partial charge in [0.05, 0.1) is 5.69 Å². The lowest BCUT2D eigenvalue weighted by Gasteiger charge is -2.11. The average Bonchev–Trinajstić information content (AvgIpc) is 2.61. The van der Waals surface area contributed by atoms with E-state index < -0.39 is 26.6 Å². The summed E-state index contributed by atoms with van der Waals surface area (Å²) in [4.78, 5) is 6.54. The van der Waals surface area contributed by atoms with E-state index in [4.69, 9.17) is 11.6 Å². The first-order valence-electron chi connectivity index (χ1n) is 7.73. The summed E-state index contributed by atoms with van der Waals surface area (Å²) in [5, 5.41) is 10.2. The molecule has 0 aliphatic carbocycles. The molecule has 2 aromatic carbocycles. The van der Waals surface area contributed by atoms with Gasteiger partial charge < -0.3 is 5.11 Å². The number of nitrogens with one attached hydrogen (secondary N) is 1. The molecule has 1 heterocycles. The van der Waals surface area contributed by atoms with Gasteiger partial charge in [-0.25, -0.2) is 27.2 Å². The molecule has 0 aliphatic rings. The molecule has 2 N–H and O–H groups in total. The minimum atomic E-state index is -4.52. The van der Waals surface area contributed by atoms with Crippen LogP contribution in [0.4, 0.5) is 14.5 Å². The maximum atomic E-state index is 13.8. The number of aliphatic hydroxyl groups excluding tert-OH is 1. The lowest BCUT2D eigenvalue weighted by Crippen LogP contribution is -2.16. The number of hydrogen-bond donors (Lipinski definition) is 2. The molecule has 28 heavy (non-hydrogen) atoms. The minimum Gasteiger partial charge on any atom is -0.507 e. The molecule has 0 fully saturated rings. The van der Waals surface area contributed by atoms with Crippen LogP contribution in [0.5, 0.6) is 0 Å². The molecular weight excluding hydrogens is 412 g/mol. The molecular formula is C18H12ClF2N3O3S. The Kier molecular flexibility index (Phi) is 5.57. The largest absolute Gasteiger partial charge is 0.507 e. The summed E-state index contributed by atoms with van der Waals surface area (Å²) in [7, 11) is -4.52. The first kappa shape index (κ1) is 19.7. The van der Waals surface area contributed by atoms with E-state index in [2.05, 4.69) is 14.7 Å². The van der Waals surface area contributed by atoms with Gasteiger partial charge in [-0.1, -0.05) is 18.2 Å². The van der Waals surface area contributed by atoms with Crippen LogP contribution in [-0.4, -0.2) is 23.5 Å². The van der Waals surface area contributed by atoms with Crippen LogP contribution in [0.15, 0.2) is 59.6 Å². The number of rotatable bonds is 5. The van der Waals surface area contributed by atoms with Crippen molar-refractivity contribution in [1.29, 1.82) is 0 Å². The first-order valence-corrected chi connectivity index (χ1v) is 9.59. The second kappa shape index (κ2) is 7.91. The zero-order valence-corrected chi connectivity index (χ0v) is 15.5. The van der Waals surface area contributed by atoms with E-state index in [1.54, 1.807) is 0 Å². The Morgan fingerprint density at radius 3 is 2.46 bits per heavy atom. The molecule has 0 aliphatic heterocycles. The van der Waals surface area contributed by atoms with Gasteiger partial charge in [0, 0.05) is 23.5 Å². The highest BCUT2D eigenvalue weighted by Gasteiger charge is 2.24. The molecule has 0 bridgehead atoms. The lowest BCUT2D eigenvalue weighted by molar-refractivity contribution is 0.515. The maximum absolute atomic E-state index is 13.8. The van der Waals surface area contributed by atoms with Crippen molar-refractivity contribution in [1.82, 2.24) is 9.97 Å². The predicted molar refractivity (Wildman–Crippen MR) is 101 cm³/mol. The number of nitrogens with zero attached hydrogens (tertiary/aromatic N) is 2. The molecule has 0 atom stereocenters. The Bertz CT molecular complexity index is 1150. The lowest BCUT2D eigenvalue weighted by atomic mass is 10.1. The molecule has 0 amide bonds. The van der Waals surface area contributed by atoms with Crippen LogP contribution >= 0.6 is 11.6 Å². The summed E-state index contributed by atoms with van der Waals surface area (Å²) >= 11 is 5.68. The molecule has 0 saturated carbocycles. The van der Waals surface area contributed by atoms with Crippen molar-refractivity contribution in [3.05, 3.63) is 82.9 Å². The summed E-state index contributed by atoms with van der Waals surface area (Å²) in [6, 6.07) is 9.89. The van der Waals surface area contributed by atoms with Gasteiger partial charge in [0.15, 0.2) is 4.90 Å². The van der Waals surface area contributed by atoms with E-state index in [0.717, 1.165) is 18.2 Å². The topological polar surface area (TPSA) is 92.2 Å². The summed E-state index contributed by atoms with van der Waals surface area (Å²) in [5.41, 5.74) is 0.571. The van der Waals surface area contributed by atoms with E-state index in [0.29, 0.717) is 5.69 Å². The fourth-order valence-corrected chi connectivity index (χ4v) is 3.68. The molecule has 6 nitrogen and oxygen atoms in total. The third-order valence-corrected chi connectivity index (χ3v) is 5.14. The second-order valence-electron chi connectivity index (χ2n) is 5.52. The van der Waals surface area contributed by atoms with Gasteiger partial charge in [0.2, 0.25) is 5.28 Å². The average molecular weight is 424 g/mol. The van der Waals surface area contributed by atoms with Gasteiger partial charge in [-0.2, -0.15) is 0 Å². The number of benzene rings is 2. The summed E-state index contributed by atoms with van der Waals surface area (Å²) in [6.07, 6.45) is 2.71. The quantitative estimate of drug-likeness (QED) is 0.472. The monoisotopic (exact) mass is 423 g/mol. The number of hydrogen-bond acceptors (Lipinski definition) is 5. The third-order valence-electron chi connectivity index (χ3n) is 3.53. The van der Waals surface area contributed by atoms with E-state index >= 15 is 0 Å². The summed E-state index contributed by atoms with van der Waals surface area (Å²) < 4.78 is 54.4. The normalized spacial score (nSPS) is 12.0. The Hall–Kier alpha value is -3.04. The van der Waals surface area contributed by atoms with Gasteiger partial charge in [-0.3, -0.25) is 4.72 Å². The van der Waals surface area contributed by atoms with Crippen molar-refractivity contribution in [2.24, 2.45) is 0 Å². The first-order chi connectivity index (χ1) is 13.3. The van der Waals surface area contributed by atoms with Crippen molar-refractivity contribution in [3.63, 3.8) is 0 Å². The van der Waals surface area contributed by atoms with Crippen LogP contribution in [0, 0.1) is 11.6 Å². The predicted octanol–water partition coefficient (Wildman–Crippen LogP) is 4.27. The van der Waals surface area contributed by atoms with Crippen molar-refractivity contribution in [2.45, 2.75) is 4.90 Å². The number of halogens is 3. The van der Waals surface area contributed by atoms with Crippen LogP contribution in [0.2, 0.25) is 5.28 Å². The maximum Gasteiger partial charge on any atom is 0.267 e. The van der Waals surface area contributed by atoms with Gasteiger partial charge in [-0.15, -0.1) is 0 Å². The smallest absolute Gasteiger partial charge is 0.267 e. The van der Waals surface area contributed by atoms with E-state index in [-0.39, 0.29) is 22.3 Å². The molecule has 0 saturated heterocycles. The molecule has 0 radical (unpaired) electrons. The van der Waals surface area contributed by atoms with Crippen molar-refractivity contribution < 1.29 is 22.3 Å². The van der Waals surface area contributed by atoms with Crippen molar-refractivity contribution >= 4 is 39.1 Å². The fraction of sp³-hybridized carbons (Fsp3) is 0. The van der Waals surface area contributed by atoms with Crippen LogP contribution in [0.25, 0.3) is 11.8 Å². The molecule has 144 valence electrons. The number of anilines is 1. The van der Waals surface area contributed by atoms with Gasteiger partial charge in [0.25, 0.3) is 10.0 Å². The van der Waals surface area contributed by atoms with Crippen LogP contribution in [0.3, 0.4) is 0 Å². The van der Waals surface area contributed by atoms with Crippen LogP contribution < -0.4 is 4.72 Å². The summed E-state index contributed by atoms with van der Waals surface area (Å²) in [6.45, 7) is 0. The molecule has 0 spiro atoms. The second-order valence-corrected chi connectivity index (χ2v) is 7.47. The molecule has 1 aromatic heterocycles. The van der Waals surface area contributed by atoms with Gasteiger partial charge >= 0.3 is 0 Å². The number of aliphatic hydroxyl groups is 1. The van der Waals surface area contributed by atoms with Crippen LogP contribution in [0.1, 0.15) is 11.3 Å². The molecule has 10 heteroatoms. The minimum absolute atomic E-state index is 0.000762. The third kappa shape index (κ3) is 4.44. The highest BCUT2D eigenvalue weighted by molar-refractivity contribution is 7.92. The Morgan fingerprint density at radius 2 is 1.79 bits per heavy atom. The van der Waals surface area contributed by atoms with Gasteiger partial charge in [-0.05, 0) is 41.9 Å². The highest BCUT2D eigenvalue weighted by atomic mass is 35.5. The number of sulfonamides is 1. The zero-order chi connectivity index (χ0) is 20.3. The number of aromatic nitrogens is 2. The van der Waals surface area contributed by atoms with Crippen molar-refractivity contribution in [3.8, 4) is 0 Å².